The maximum Gasteiger partial charge on any atom is 0.243 e. The molecule has 0 spiro atoms. The fourth-order valence-electron chi connectivity index (χ4n) is 3.10. The van der Waals surface area contributed by atoms with Gasteiger partial charge in [-0.3, -0.25) is 9.59 Å². The summed E-state index contributed by atoms with van der Waals surface area (Å²) in [5, 5.41) is 3.55. The minimum atomic E-state index is -0.602. The van der Waals surface area contributed by atoms with E-state index in [9.17, 15) is 14.0 Å². The van der Waals surface area contributed by atoms with Gasteiger partial charge in [0, 0.05) is 22.9 Å². The molecule has 0 aliphatic rings. The number of thioether (sulfide) groups is 1. The van der Waals surface area contributed by atoms with Gasteiger partial charge in [0.2, 0.25) is 11.8 Å². The molecular formula is C24H30ClFN2O2S. The maximum absolute atomic E-state index is 13.2. The van der Waals surface area contributed by atoms with Crippen molar-refractivity contribution in [1.82, 2.24) is 10.2 Å². The summed E-state index contributed by atoms with van der Waals surface area (Å²) in [5.74, 6) is 0.186. The number of carbonyl (C=O) groups excluding carboxylic acids is 2. The predicted octanol–water partition coefficient (Wildman–Crippen LogP) is 5.43. The maximum atomic E-state index is 13.2. The molecule has 31 heavy (non-hydrogen) atoms. The van der Waals surface area contributed by atoms with Gasteiger partial charge in [-0.25, -0.2) is 4.39 Å². The van der Waals surface area contributed by atoms with Crippen LogP contribution in [0.4, 0.5) is 4.39 Å². The van der Waals surface area contributed by atoms with Gasteiger partial charge in [0.25, 0.3) is 0 Å². The largest absolute Gasteiger partial charge is 0.350 e. The van der Waals surface area contributed by atoms with E-state index >= 15 is 0 Å². The standard InChI is InChI=1S/C24H30ClFN2O2S/c1-5-21(23(30)27-24(2,3)4)28(14-18-8-6-7-9-20(18)25)22(29)16-31-15-17-10-12-19(26)13-11-17/h6-13,21H,5,14-16H2,1-4H3,(H,27,30)/t21-/m1/s1. The Hall–Kier alpha value is -2.05. The Balaban J connectivity index is 2.16. The highest BCUT2D eigenvalue weighted by Crippen LogP contribution is 2.22. The van der Waals surface area contributed by atoms with Crippen molar-refractivity contribution >= 4 is 35.2 Å². The highest BCUT2D eigenvalue weighted by Gasteiger charge is 2.30. The first kappa shape index (κ1) is 25.2. The average molecular weight is 465 g/mol. The van der Waals surface area contributed by atoms with Gasteiger partial charge in [-0.05, 0) is 56.5 Å². The Morgan fingerprint density at radius 1 is 1.13 bits per heavy atom. The van der Waals surface area contributed by atoms with Gasteiger partial charge in [-0.1, -0.05) is 48.9 Å². The molecule has 0 unspecified atom stereocenters. The van der Waals surface area contributed by atoms with Crippen LogP contribution in [0.15, 0.2) is 48.5 Å². The van der Waals surface area contributed by atoms with Gasteiger partial charge in [-0.2, -0.15) is 0 Å². The highest BCUT2D eigenvalue weighted by atomic mass is 35.5. The molecule has 0 saturated carbocycles. The third kappa shape index (κ3) is 8.19. The van der Waals surface area contributed by atoms with Crippen LogP contribution in [-0.4, -0.2) is 34.0 Å². The topological polar surface area (TPSA) is 49.4 Å². The summed E-state index contributed by atoms with van der Waals surface area (Å²) >= 11 is 7.77. The lowest BCUT2D eigenvalue weighted by molar-refractivity contribution is -0.140. The summed E-state index contributed by atoms with van der Waals surface area (Å²) in [7, 11) is 0. The summed E-state index contributed by atoms with van der Waals surface area (Å²) in [4.78, 5) is 27.8. The molecule has 0 saturated heterocycles. The van der Waals surface area contributed by atoms with Crippen molar-refractivity contribution in [3.63, 3.8) is 0 Å². The third-order valence-corrected chi connectivity index (χ3v) is 5.95. The molecule has 2 amide bonds. The minimum Gasteiger partial charge on any atom is -0.350 e. The van der Waals surface area contributed by atoms with Crippen molar-refractivity contribution in [2.24, 2.45) is 0 Å². The summed E-state index contributed by atoms with van der Waals surface area (Å²) in [6, 6.07) is 13.0. The van der Waals surface area contributed by atoms with Crippen LogP contribution >= 0.6 is 23.4 Å². The van der Waals surface area contributed by atoms with Crippen LogP contribution in [0, 0.1) is 5.82 Å². The Bertz CT molecular complexity index is 884. The molecule has 2 aromatic rings. The van der Waals surface area contributed by atoms with Gasteiger partial charge < -0.3 is 10.2 Å². The minimum absolute atomic E-state index is 0.136. The molecule has 4 nitrogen and oxygen atoms in total. The molecule has 0 aromatic heterocycles. The lowest BCUT2D eigenvalue weighted by Gasteiger charge is -2.33. The second-order valence-corrected chi connectivity index (χ2v) is 9.79. The number of benzene rings is 2. The van der Waals surface area contributed by atoms with E-state index in [1.54, 1.807) is 23.1 Å². The first-order chi connectivity index (χ1) is 14.6. The summed E-state index contributed by atoms with van der Waals surface area (Å²) in [5.41, 5.74) is 1.33. The lowest BCUT2D eigenvalue weighted by atomic mass is 10.1. The van der Waals surface area contributed by atoms with E-state index in [-0.39, 0.29) is 29.9 Å². The zero-order valence-electron chi connectivity index (χ0n) is 18.5. The second kappa shape index (κ2) is 11.5. The molecule has 0 aliphatic carbocycles. The lowest BCUT2D eigenvalue weighted by Crippen LogP contribution is -2.53. The summed E-state index contributed by atoms with van der Waals surface area (Å²) < 4.78 is 13.1. The van der Waals surface area contributed by atoms with Crippen LogP contribution in [0.3, 0.4) is 0 Å². The third-order valence-electron chi connectivity index (χ3n) is 4.59. The van der Waals surface area contributed by atoms with Gasteiger partial charge in [-0.15, -0.1) is 11.8 Å². The smallest absolute Gasteiger partial charge is 0.243 e. The van der Waals surface area contributed by atoms with Crippen LogP contribution in [0.5, 0.6) is 0 Å². The van der Waals surface area contributed by atoms with E-state index in [4.69, 9.17) is 11.6 Å². The van der Waals surface area contributed by atoms with Crippen molar-refractivity contribution in [2.75, 3.05) is 5.75 Å². The van der Waals surface area contributed by atoms with Crippen molar-refractivity contribution in [1.29, 1.82) is 0 Å². The van der Waals surface area contributed by atoms with Gasteiger partial charge in [0.05, 0.1) is 5.75 Å². The van der Waals surface area contributed by atoms with E-state index < -0.39 is 11.6 Å². The van der Waals surface area contributed by atoms with Crippen molar-refractivity contribution in [3.05, 3.63) is 70.5 Å². The van der Waals surface area contributed by atoms with E-state index in [0.717, 1.165) is 11.1 Å². The molecular weight excluding hydrogens is 435 g/mol. The van der Waals surface area contributed by atoms with Crippen molar-refractivity contribution < 1.29 is 14.0 Å². The Morgan fingerprint density at radius 2 is 1.77 bits per heavy atom. The van der Waals surface area contributed by atoms with Gasteiger partial charge >= 0.3 is 0 Å². The van der Waals surface area contributed by atoms with Crippen LogP contribution < -0.4 is 5.32 Å². The first-order valence-electron chi connectivity index (χ1n) is 10.3. The van der Waals surface area contributed by atoms with E-state index in [1.807, 2.05) is 45.9 Å². The Kier molecular flexibility index (Phi) is 9.38. The Labute approximate surface area is 193 Å². The Morgan fingerprint density at radius 3 is 2.35 bits per heavy atom. The van der Waals surface area contributed by atoms with Crippen LogP contribution in [-0.2, 0) is 21.9 Å². The number of halogens is 2. The van der Waals surface area contributed by atoms with E-state index in [1.165, 1.54) is 23.9 Å². The van der Waals surface area contributed by atoms with Crippen molar-refractivity contribution in [2.45, 2.75) is 58.0 Å². The second-order valence-electron chi connectivity index (χ2n) is 8.40. The predicted molar refractivity (Wildman–Crippen MR) is 127 cm³/mol. The van der Waals surface area contributed by atoms with E-state index in [2.05, 4.69) is 5.32 Å². The molecule has 2 aromatic carbocycles. The molecule has 1 N–H and O–H groups in total. The zero-order chi connectivity index (χ0) is 23.0. The monoisotopic (exact) mass is 464 g/mol. The molecule has 0 fully saturated rings. The molecule has 168 valence electrons. The quantitative estimate of drug-likeness (QED) is 0.538. The van der Waals surface area contributed by atoms with E-state index in [0.29, 0.717) is 17.2 Å². The number of nitrogens with one attached hydrogen (secondary N) is 1. The number of hydrogen-bond acceptors (Lipinski definition) is 3. The molecule has 0 bridgehead atoms. The number of hydrogen-bond donors (Lipinski definition) is 1. The molecule has 0 aliphatic heterocycles. The summed E-state index contributed by atoms with van der Waals surface area (Å²) in [6.45, 7) is 7.89. The molecule has 0 heterocycles. The molecule has 1 atom stereocenters. The number of nitrogens with zero attached hydrogens (tertiary/aromatic N) is 1. The SMILES string of the molecule is CC[C@H](C(=O)NC(C)(C)C)N(Cc1ccccc1Cl)C(=O)CSCc1ccc(F)cc1. The average Bonchev–Trinajstić information content (AvgIpc) is 2.69. The zero-order valence-corrected chi connectivity index (χ0v) is 20.0. The van der Waals surface area contributed by atoms with Crippen molar-refractivity contribution in [3.8, 4) is 0 Å². The van der Waals surface area contributed by atoms with Crippen LogP contribution in [0.2, 0.25) is 5.02 Å². The molecule has 2 rings (SSSR count). The fraction of sp³-hybridized carbons (Fsp3) is 0.417. The van der Waals surface area contributed by atoms with Gasteiger partial charge in [0.1, 0.15) is 11.9 Å². The summed E-state index contributed by atoms with van der Waals surface area (Å²) in [6.07, 6.45) is 0.487. The van der Waals surface area contributed by atoms with Crippen LogP contribution in [0.1, 0.15) is 45.2 Å². The van der Waals surface area contributed by atoms with Gasteiger partial charge in [0.15, 0.2) is 0 Å². The number of carbonyl (C=O) groups is 2. The normalized spacial score (nSPS) is 12.3. The van der Waals surface area contributed by atoms with Crippen LogP contribution in [0.25, 0.3) is 0 Å². The fourth-order valence-corrected chi connectivity index (χ4v) is 4.17. The number of rotatable bonds is 9. The first-order valence-corrected chi connectivity index (χ1v) is 11.8. The highest BCUT2D eigenvalue weighted by molar-refractivity contribution is 7.99. The molecule has 0 radical (unpaired) electrons. The number of amides is 2. The molecule has 7 heteroatoms.